The Morgan fingerprint density at radius 1 is 1.41 bits per heavy atom. The number of aromatic nitrogens is 1. The first-order chi connectivity index (χ1) is 10.7. The molecule has 2 aromatic rings. The van der Waals surface area contributed by atoms with Crippen LogP contribution in [0.1, 0.15) is 24.3 Å². The minimum atomic E-state index is 0.0870. The van der Waals surface area contributed by atoms with Crippen LogP contribution >= 0.6 is 0 Å². The van der Waals surface area contributed by atoms with Gasteiger partial charge in [0.05, 0.1) is 12.1 Å². The number of hydrogen-bond donors (Lipinski definition) is 1. The van der Waals surface area contributed by atoms with Crippen molar-refractivity contribution in [3.8, 4) is 11.5 Å². The third-order valence-electron chi connectivity index (χ3n) is 4.20. The van der Waals surface area contributed by atoms with Crippen LogP contribution in [0.5, 0.6) is 0 Å². The van der Waals surface area contributed by atoms with Crippen LogP contribution in [0.3, 0.4) is 0 Å². The van der Waals surface area contributed by atoms with E-state index in [4.69, 9.17) is 10.2 Å². The topological polar surface area (TPSA) is 72.4 Å². The zero-order chi connectivity index (χ0) is 15.5. The highest BCUT2D eigenvalue weighted by Crippen LogP contribution is 2.23. The molecule has 1 atom stereocenters. The highest BCUT2D eigenvalue weighted by molar-refractivity contribution is 5.79. The third-order valence-corrected chi connectivity index (χ3v) is 4.20. The van der Waals surface area contributed by atoms with E-state index in [0.29, 0.717) is 23.9 Å². The fourth-order valence-corrected chi connectivity index (χ4v) is 2.95. The molecule has 1 fully saturated rings. The van der Waals surface area contributed by atoms with Crippen molar-refractivity contribution in [2.75, 3.05) is 13.1 Å². The maximum absolute atomic E-state index is 12.5. The molecule has 1 aromatic carbocycles. The second kappa shape index (κ2) is 6.32. The van der Waals surface area contributed by atoms with Gasteiger partial charge in [-0.25, -0.2) is 4.98 Å². The van der Waals surface area contributed by atoms with Gasteiger partial charge in [0, 0.05) is 24.7 Å². The fraction of sp³-hybridized carbons (Fsp3) is 0.412. The predicted octanol–water partition coefficient (Wildman–Crippen LogP) is 2.14. The number of aryl methyl sites for hydroxylation is 1. The van der Waals surface area contributed by atoms with Gasteiger partial charge in [0.2, 0.25) is 11.8 Å². The molecule has 0 saturated carbocycles. The molecule has 1 aromatic heterocycles. The lowest BCUT2D eigenvalue weighted by Crippen LogP contribution is -2.40. The van der Waals surface area contributed by atoms with Crippen LogP contribution < -0.4 is 5.73 Å². The van der Waals surface area contributed by atoms with Crippen molar-refractivity contribution >= 4 is 5.91 Å². The number of carbonyl (C=O) groups excluding carboxylic acids is 1. The molecule has 22 heavy (non-hydrogen) atoms. The first-order valence-corrected chi connectivity index (χ1v) is 7.70. The zero-order valence-corrected chi connectivity index (χ0v) is 12.8. The summed E-state index contributed by atoms with van der Waals surface area (Å²) in [6.45, 7) is 3.17. The summed E-state index contributed by atoms with van der Waals surface area (Å²) < 4.78 is 5.71. The number of rotatable bonds is 4. The summed E-state index contributed by atoms with van der Waals surface area (Å²) in [4.78, 5) is 18.9. The van der Waals surface area contributed by atoms with Gasteiger partial charge < -0.3 is 15.1 Å². The fourth-order valence-electron chi connectivity index (χ4n) is 2.95. The number of benzene rings is 1. The van der Waals surface area contributed by atoms with Crippen LogP contribution in [0.25, 0.3) is 11.5 Å². The van der Waals surface area contributed by atoms with Crippen molar-refractivity contribution in [2.45, 2.75) is 32.2 Å². The number of amides is 1. The van der Waals surface area contributed by atoms with Crippen LogP contribution in [0.2, 0.25) is 0 Å². The van der Waals surface area contributed by atoms with E-state index in [1.807, 2.05) is 42.2 Å². The van der Waals surface area contributed by atoms with Crippen molar-refractivity contribution in [3.63, 3.8) is 0 Å². The number of hydrogen-bond acceptors (Lipinski definition) is 4. The predicted molar refractivity (Wildman–Crippen MR) is 84.2 cm³/mol. The number of oxazole rings is 1. The number of likely N-dealkylation sites (tertiary alicyclic amines) is 1. The third kappa shape index (κ3) is 2.90. The standard InChI is InChI=1S/C17H21N3O2/c1-12-15(10-16(21)20-9-5-8-14(20)11-18)19-17(22-12)13-6-3-2-4-7-13/h2-4,6-7,14H,5,8-11,18H2,1H3. The van der Waals surface area contributed by atoms with Crippen LogP contribution in [0.15, 0.2) is 34.7 Å². The van der Waals surface area contributed by atoms with E-state index in [1.54, 1.807) is 0 Å². The molecule has 0 bridgehead atoms. The van der Waals surface area contributed by atoms with E-state index in [1.165, 1.54) is 0 Å². The Bertz CT molecular complexity index is 651. The van der Waals surface area contributed by atoms with E-state index in [9.17, 15) is 4.79 Å². The number of carbonyl (C=O) groups is 1. The van der Waals surface area contributed by atoms with Crippen molar-refractivity contribution in [1.29, 1.82) is 0 Å². The summed E-state index contributed by atoms with van der Waals surface area (Å²) in [6.07, 6.45) is 2.30. The number of nitrogens with zero attached hydrogens (tertiary/aromatic N) is 2. The van der Waals surface area contributed by atoms with Gasteiger partial charge in [-0.1, -0.05) is 18.2 Å². The Kier molecular flexibility index (Phi) is 4.24. The lowest BCUT2D eigenvalue weighted by Gasteiger charge is -2.23. The molecule has 5 heteroatoms. The monoisotopic (exact) mass is 299 g/mol. The average molecular weight is 299 g/mol. The van der Waals surface area contributed by atoms with Gasteiger partial charge in [0.15, 0.2) is 0 Å². The van der Waals surface area contributed by atoms with Crippen LogP contribution in [-0.4, -0.2) is 34.9 Å². The summed E-state index contributed by atoms with van der Waals surface area (Å²) in [7, 11) is 0. The van der Waals surface area contributed by atoms with E-state index in [0.717, 1.165) is 24.9 Å². The Labute approximate surface area is 130 Å². The average Bonchev–Trinajstić information content (AvgIpc) is 3.15. The van der Waals surface area contributed by atoms with Crippen LogP contribution in [0, 0.1) is 6.92 Å². The minimum Gasteiger partial charge on any atom is -0.441 e. The van der Waals surface area contributed by atoms with E-state index in [-0.39, 0.29) is 18.4 Å². The molecule has 2 N–H and O–H groups in total. The highest BCUT2D eigenvalue weighted by Gasteiger charge is 2.28. The van der Waals surface area contributed by atoms with Crippen LogP contribution in [0.4, 0.5) is 0 Å². The second-order valence-corrected chi connectivity index (χ2v) is 5.68. The second-order valence-electron chi connectivity index (χ2n) is 5.68. The Hall–Kier alpha value is -2.14. The Balaban J connectivity index is 1.76. The molecule has 116 valence electrons. The lowest BCUT2D eigenvalue weighted by molar-refractivity contribution is -0.131. The molecule has 3 rings (SSSR count). The summed E-state index contributed by atoms with van der Waals surface area (Å²) in [5, 5.41) is 0. The van der Waals surface area contributed by atoms with Crippen molar-refractivity contribution in [1.82, 2.24) is 9.88 Å². The van der Waals surface area contributed by atoms with E-state index >= 15 is 0 Å². The first-order valence-electron chi connectivity index (χ1n) is 7.70. The molecule has 2 heterocycles. The highest BCUT2D eigenvalue weighted by atomic mass is 16.4. The lowest BCUT2D eigenvalue weighted by atomic mass is 10.2. The molecule has 0 spiro atoms. The van der Waals surface area contributed by atoms with Gasteiger partial charge in [-0.15, -0.1) is 0 Å². The molecule has 0 radical (unpaired) electrons. The molecule has 0 aliphatic carbocycles. The number of nitrogens with two attached hydrogens (primary N) is 1. The van der Waals surface area contributed by atoms with E-state index in [2.05, 4.69) is 4.98 Å². The molecule has 1 saturated heterocycles. The van der Waals surface area contributed by atoms with Crippen molar-refractivity contribution < 1.29 is 9.21 Å². The smallest absolute Gasteiger partial charge is 0.229 e. The molecular formula is C17H21N3O2. The normalized spacial score (nSPS) is 17.9. The molecule has 1 aliphatic rings. The first kappa shape index (κ1) is 14.8. The minimum absolute atomic E-state index is 0.0870. The van der Waals surface area contributed by atoms with Gasteiger partial charge in [-0.05, 0) is 31.9 Å². The van der Waals surface area contributed by atoms with Gasteiger partial charge in [0.25, 0.3) is 0 Å². The van der Waals surface area contributed by atoms with Crippen LogP contribution in [-0.2, 0) is 11.2 Å². The Morgan fingerprint density at radius 3 is 2.91 bits per heavy atom. The maximum atomic E-state index is 12.5. The van der Waals surface area contributed by atoms with Gasteiger partial charge in [-0.2, -0.15) is 0 Å². The largest absolute Gasteiger partial charge is 0.441 e. The summed E-state index contributed by atoms with van der Waals surface area (Å²) in [5.74, 6) is 1.36. The van der Waals surface area contributed by atoms with Gasteiger partial charge in [-0.3, -0.25) is 4.79 Å². The van der Waals surface area contributed by atoms with Gasteiger partial charge >= 0.3 is 0 Å². The molecule has 5 nitrogen and oxygen atoms in total. The summed E-state index contributed by atoms with van der Waals surface area (Å²) in [5.41, 5.74) is 7.37. The summed E-state index contributed by atoms with van der Waals surface area (Å²) >= 11 is 0. The summed E-state index contributed by atoms with van der Waals surface area (Å²) in [6, 6.07) is 9.90. The molecule has 1 aliphatic heterocycles. The zero-order valence-electron chi connectivity index (χ0n) is 12.8. The van der Waals surface area contributed by atoms with Crippen molar-refractivity contribution in [3.05, 3.63) is 41.8 Å². The Morgan fingerprint density at radius 2 is 2.18 bits per heavy atom. The maximum Gasteiger partial charge on any atom is 0.229 e. The SMILES string of the molecule is Cc1oc(-c2ccccc2)nc1CC(=O)N1CCCC1CN. The van der Waals surface area contributed by atoms with E-state index < -0.39 is 0 Å². The quantitative estimate of drug-likeness (QED) is 0.939. The van der Waals surface area contributed by atoms with Gasteiger partial charge in [0.1, 0.15) is 5.76 Å². The van der Waals surface area contributed by atoms with Crippen molar-refractivity contribution in [2.24, 2.45) is 5.73 Å². The molecule has 1 amide bonds. The molecular weight excluding hydrogens is 278 g/mol. The molecule has 1 unspecified atom stereocenters.